The number of halogens is 1. The summed E-state index contributed by atoms with van der Waals surface area (Å²) in [6.45, 7) is 6.49. The van der Waals surface area contributed by atoms with E-state index in [4.69, 9.17) is 4.74 Å². The first-order valence-corrected chi connectivity index (χ1v) is 12.9. The largest absolute Gasteiger partial charge is 0.444 e. The van der Waals surface area contributed by atoms with E-state index in [2.05, 4.69) is 20.8 Å². The molecule has 4 rings (SSSR count). The smallest absolute Gasteiger partial charge is 0.410 e. The molecule has 0 aromatic heterocycles. The summed E-state index contributed by atoms with van der Waals surface area (Å²) in [5, 5.41) is 10.9. The van der Waals surface area contributed by atoms with Crippen LogP contribution in [0.3, 0.4) is 0 Å². The number of nitro benzene ring substituents is 1. The number of carbonyl (C=O) groups is 1. The Kier molecular flexibility index (Phi) is 6.14. The third-order valence-corrected chi connectivity index (χ3v) is 8.25. The molecule has 0 radical (unpaired) electrons. The molecule has 2 aliphatic rings. The molecule has 0 aliphatic carbocycles. The zero-order valence-electron chi connectivity index (χ0n) is 19.2. The molecule has 10 heteroatoms. The molecule has 2 aromatic carbocycles. The molecule has 2 aliphatic heterocycles. The van der Waals surface area contributed by atoms with Gasteiger partial charge in [0.1, 0.15) is 6.10 Å². The highest BCUT2D eigenvalue weighted by atomic mass is 32.2. The SMILES string of the molecule is CC(C)(C)c1cccc(CN2C(=O)O[C@@H]3C2CS(=O)(=O)C[C@H]3Cc2ccc([N+](=O)[O-])c(F)c2)c1. The van der Waals surface area contributed by atoms with E-state index in [0.29, 0.717) is 5.56 Å². The lowest BCUT2D eigenvalue weighted by atomic mass is 9.86. The maximum absolute atomic E-state index is 14.1. The van der Waals surface area contributed by atoms with Gasteiger partial charge in [0, 0.05) is 18.5 Å². The van der Waals surface area contributed by atoms with Gasteiger partial charge in [-0.2, -0.15) is 4.39 Å². The molecule has 0 spiro atoms. The molecule has 0 saturated carbocycles. The Bertz CT molecular complexity index is 1240. The van der Waals surface area contributed by atoms with Gasteiger partial charge in [-0.25, -0.2) is 13.2 Å². The van der Waals surface area contributed by atoms with Crippen LogP contribution >= 0.6 is 0 Å². The first-order chi connectivity index (χ1) is 15.8. The molecule has 34 heavy (non-hydrogen) atoms. The summed E-state index contributed by atoms with van der Waals surface area (Å²) in [5.74, 6) is -1.97. The molecule has 2 fully saturated rings. The van der Waals surface area contributed by atoms with Crippen molar-refractivity contribution in [2.45, 2.75) is 51.3 Å². The maximum atomic E-state index is 14.1. The third-order valence-electron chi connectivity index (χ3n) is 6.46. The Balaban J connectivity index is 1.58. The van der Waals surface area contributed by atoms with Crippen LogP contribution in [0, 0.1) is 21.8 Å². The Morgan fingerprint density at radius 2 is 1.88 bits per heavy atom. The summed E-state index contributed by atoms with van der Waals surface area (Å²) in [4.78, 5) is 24.3. The van der Waals surface area contributed by atoms with Crippen molar-refractivity contribution in [3.8, 4) is 0 Å². The van der Waals surface area contributed by atoms with E-state index in [-0.39, 0.29) is 29.9 Å². The fraction of sp³-hybridized carbons (Fsp3) is 0.458. The monoisotopic (exact) mass is 490 g/mol. The first-order valence-electron chi connectivity index (χ1n) is 11.0. The van der Waals surface area contributed by atoms with Crippen molar-refractivity contribution in [2.75, 3.05) is 11.5 Å². The lowest BCUT2D eigenvalue weighted by Gasteiger charge is -2.34. The Morgan fingerprint density at radius 1 is 1.15 bits per heavy atom. The zero-order chi connectivity index (χ0) is 24.8. The fourth-order valence-electron chi connectivity index (χ4n) is 4.74. The van der Waals surface area contributed by atoms with Gasteiger partial charge in [-0.3, -0.25) is 15.0 Å². The first kappa shape index (κ1) is 24.1. The van der Waals surface area contributed by atoms with Crippen molar-refractivity contribution in [3.63, 3.8) is 0 Å². The van der Waals surface area contributed by atoms with Crippen molar-refractivity contribution < 1.29 is 27.3 Å². The lowest BCUT2D eigenvalue weighted by molar-refractivity contribution is -0.387. The second kappa shape index (κ2) is 8.65. The summed E-state index contributed by atoms with van der Waals surface area (Å²) in [6.07, 6.45) is -1.12. The normalized spacial score (nSPS) is 23.9. The average Bonchev–Trinajstić information content (AvgIpc) is 3.02. The second-order valence-corrected chi connectivity index (χ2v) is 12.2. The molecular weight excluding hydrogens is 463 g/mol. The average molecular weight is 491 g/mol. The van der Waals surface area contributed by atoms with E-state index in [0.717, 1.165) is 23.3 Å². The van der Waals surface area contributed by atoms with Crippen LogP contribution in [0.15, 0.2) is 42.5 Å². The van der Waals surface area contributed by atoms with E-state index in [1.807, 2.05) is 24.3 Å². The van der Waals surface area contributed by atoms with Crippen molar-refractivity contribution in [2.24, 2.45) is 5.92 Å². The van der Waals surface area contributed by atoms with E-state index < -0.39 is 50.4 Å². The Labute approximate surface area is 197 Å². The molecule has 1 amide bonds. The third kappa shape index (κ3) is 4.91. The molecule has 8 nitrogen and oxygen atoms in total. The number of benzene rings is 2. The van der Waals surface area contributed by atoms with Gasteiger partial charge in [0.05, 0.1) is 22.5 Å². The van der Waals surface area contributed by atoms with E-state index >= 15 is 0 Å². The summed E-state index contributed by atoms with van der Waals surface area (Å²) < 4.78 is 45.2. The van der Waals surface area contributed by atoms with Crippen LogP contribution in [0.4, 0.5) is 14.9 Å². The number of rotatable bonds is 5. The molecule has 182 valence electrons. The molecule has 2 aromatic rings. The minimum atomic E-state index is -3.49. The van der Waals surface area contributed by atoms with Gasteiger partial charge in [0.25, 0.3) is 0 Å². The number of nitrogens with zero attached hydrogens (tertiary/aromatic N) is 2. The van der Waals surface area contributed by atoms with Crippen LogP contribution in [0.1, 0.15) is 37.5 Å². The van der Waals surface area contributed by atoms with Crippen molar-refractivity contribution in [1.29, 1.82) is 0 Å². The van der Waals surface area contributed by atoms with Crippen LogP contribution < -0.4 is 0 Å². The highest BCUT2D eigenvalue weighted by Crippen LogP contribution is 2.35. The minimum absolute atomic E-state index is 0.0800. The van der Waals surface area contributed by atoms with Crippen LogP contribution in [-0.4, -0.2) is 48.0 Å². The minimum Gasteiger partial charge on any atom is -0.444 e. The maximum Gasteiger partial charge on any atom is 0.410 e. The molecular formula is C24H27FN2O6S. The van der Waals surface area contributed by atoms with Crippen LogP contribution in [0.25, 0.3) is 0 Å². The number of hydrogen-bond donors (Lipinski definition) is 0. The van der Waals surface area contributed by atoms with Gasteiger partial charge >= 0.3 is 11.8 Å². The Hall–Kier alpha value is -3.01. The van der Waals surface area contributed by atoms with Gasteiger partial charge in [0.15, 0.2) is 9.84 Å². The molecule has 2 saturated heterocycles. The topological polar surface area (TPSA) is 107 Å². The van der Waals surface area contributed by atoms with Gasteiger partial charge in [-0.15, -0.1) is 0 Å². The molecule has 0 N–H and O–H groups in total. The number of amides is 1. The predicted octanol–water partition coefficient (Wildman–Crippen LogP) is 4.01. The van der Waals surface area contributed by atoms with E-state index in [1.165, 1.54) is 11.0 Å². The lowest BCUT2D eigenvalue weighted by Crippen LogP contribution is -2.51. The van der Waals surface area contributed by atoms with Crippen LogP contribution in [0.5, 0.6) is 0 Å². The van der Waals surface area contributed by atoms with Gasteiger partial charge in [-0.05, 0) is 34.6 Å². The highest BCUT2D eigenvalue weighted by molar-refractivity contribution is 7.91. The van der Waals surface area contributed by atoms with Gasteiger partial charge in [0.2, 0.25) is 5.82 Å². The highest BCUT2D eigenvalue weighted by Gasteiger charge is 2.51. The van der Waals surface area contributed by atoms with E-state index in [1.54, 1.807) is 0 Å². The molecule has 2 heterocycles. The Morgan fingerprint density at radius 3 is 2.53 bits per heavy atom. The molecule has 0 bridgehead atoms. The number of sulfone groups is 1. The molecule has 3 atom stereocenters. The molecule has 1 unspecified atom stereocenters. The van der Waals surface area contributed by atoms with Crippen molar-refractivity contribution in [3.05, 3.63) is 75.1 Å². The van der Waals surface area contributed by atoms with Crippen molar-refractivity contribution in [1.82, 2.24) is 4.90 Å². The van der Waals surface area contributed by atoms with E-state index in [9.17, 15) is 27.7 Å². The van der Waals surface area contributed by atoms with Gasteiger partial charge < -0.3 is 4.74 Å². The van der Waals surface area contributed by atoms with Crippen LogP contribution in [0.2, 0.25) is 0 Å². The summed E-state index contributed by atoms with van der Waals surface area (Å²) >= 11 is 0. The quantitative estimate of drug-likeness (QED) is 0.463. The van der Waals surface area contributed by atoms with Gasteiger partial charge in [-0.1, -0.05) is 51.1 Å². The number of hydrogen-bond acceptors (Lipinski definition) is 6. The second-order valence-electron chi connectivity index (χ2n) is 10.1. The van der Waals surface area contributed by atoms with Crippen LogP contribution in [-0.2, 0) is 33.0 Å². The predicted molar refractivity (Wildman–Crippen MR) is 124 cm³/mol. The summed E-state index contributed by atoms with van der Waals surface area (Å²) in [6, 6.07) is 10.7. The number of fused-ring (bicyclic) bond motifs is 1. The van der Waals surface area contributed by atoms with Crippen molar-refractivity contribution >= 4 is 21.6 Å². The fourth-order valence-corrected chi connectivity index (χ4v) is 6.72. The number of carbonyl (C=O) groups excluding carboxylic acids is 1. The zero-order valence-corrected chi connectivity index (χ0v) is 20.0. The summed E-state index contributed by atoms with van der Waals surface area (Å²) in [5.41, 5.74) is 1.67. The summed E-state index contributed by atoms with van der Waals surface area (Å²) in [7, 11) is -3.49. The standard InChI is InChI=1S/C24H27FN2O6S/c1-24(2,3)18-6-4-5-16(10-18)12-26-21-14-34(31,32)13-17(22(21)33-23(26)28)9-15-7-8-20(27(29)30)19(25)11-15/h4-8,10-11,17,21-22H,9,12-14H2,1-3H3/t17-,21?,22+/m1/s1. The number of ether oxygens (including phenoxy) is 1. The number of nitro groups is 1.